The fourth-order valence-corrected chi connectivity index (χ4v) is 2.66. The van der Waals surface area contributed by atoms with Gasteiger partial charge in [-0.2, -0.15) is 0 Å². The maximum absolute atomic E-state index is 11.9. The summed E-state index contributed by atoms with van der Waals surface area (Å²) in [6.45, 7) is 8.67. The van der Waals surface area contributed by atoms with Crippen LogP contribution in [0.2, 0.25) is 0 Å². The van der Waals surface area contributed by atoms with Gasteiger partial charge in [-0.05, 0) is 38.8 Å². The number of nitrogens with zero attached hydrogens (tertiary/aromatic N) is 1. The van der Waals surface area contributed by atoms with Crippen molar-refractivity contribution in [2.24, 2.45) is 5.92 Å². The van der Waals surface area contributed by atoms with E-state index in [-0.39, 0.29) is 12.0 Å². The first-order chi connectivity index (χ1) is 9.21. The van der Waals surface area contributed by atoms with Crippen LogP contribution in [-0.4, -0.2) is 63.4 Å². The minimum atomic E-state index is -0.216. The highest BCUT2D eigenvalue weighted by Gasteiger charge is 2.26. The molecule has 1 rings (SSSR count). The van der Waals surface area contributed by atoms with Crippen molar-refractivity contribution < 1.29 is 14.3 Å². The first kappa shape index (κ1) is 16.4. The number of piperidine rings is 1. The summed E-state index contributed by atoms with van der Waals surface area (Å²) in [6.07, 6.45) is 2.39. The number of nitrogens with one attached hydrogen (secondary N) is 1. The lowest BCUT2D eigenvalue weighted by atomic mass is 9.98. The van der Waals surface area contributed by atoms with Gasteiger partial charge in [0.1, 0.15) is 6.04 Å². The fourth-order valence-electron chi connectivity index (χ4n) is 2.66. The first-order valence-electron chi connectivity index (χ1n) is 7.32. The zero-order chi connectivity index (χ0) is 14.1. The van der Waals surface area contributed by atoms with Crippen molar-refractivity contribution in [1.29, 1.82) is 0 Å². The number of likely N-dealkylation sites (tertiary alicyclic amines) is 1. The standard InChI is InChI=1S/C14H28N2O3/c1-4-15-13(14(17)19-5-2)10-16-8-6-7-12(9-16)11-18-3/h12-13,15H,4-11H2,1-3H3. The predicted molar refractivity (Wildman–Crippen MR) is 75.1 cm³/mol. The molecule has 2 atom stereocenters. The number of carbonyl (C=O) groups excluding carboxylic acids is 1. The minimum Gasteiger partial charge on any atom is -0.465 e. The first-order valence-corrected chi connectivity index (χ1v) is 7.32. The van der Waals surface area contributed by atoms with Crippen LogP contribution in [0.1, 0.15) is 26.7 Å². The Hall–Kier alpha value is -0.650. The highest BCUT2D eigenvalue weighted by Crippen LogP contribution is 2.16. The van der Waals surface area contributed by atoms with Crippen LogP contribution in [-0.2, 0) is 14.3 Å². The molecule has 0 bridgehead atoms. The topological polar surface area (TPSA) is 50.8 Å². The summed E-state index contributed by atoms with van der Waals surface area (Å²) in [4.78, 5) is 14.2. The van der Waals surface area contributed by atoms with Crippen molar-refractivity contribution >= 4 is 5.97 Å². The third-order valence-electron chi connectivity index (χ3n) is 3.47. The molecule has 0 aromatic carbocycles. The monoisotopic (exact) mass is 272 g/mol. The van der Waals surface area contributed by atoms with Crippen molar-refractivity contribution in [3.05, 3.63) is 0 Å². The van der Waals surface area contributed by atoms with Crippen LogP contribution in [0.3, 0.4) is 0 Å². The molecule has 19 heavy (non-hydrogen) atoms. The van der Waals surface area contributed by atoms with Crippen molar-refractivity contribution in [2.45, 2.75) is 32.7 Å². The van der Waals surface area contributed by atoms with E-state index < -0.39 is 0 Å². The molecule has 0 aromatic rings. The van der Waals surface area contributed by atoms with Crippen LogP contribution in [0, 0.1) is 5.92 Å². The quantitative estimate of drug-likeness (QED) is 0.665. The van der Waals surface area contributed by atoms with Crippen LogP contribution in [0.25, 0.3) is 0 Å². The van der Waals surface area contributed by atoms with E-state index in [1.165, 1.54) is 12.8 Å². The molecule has 0 saturated carbocycles. The molecular weight excluding hydrogens is 244 g/mol. The third-order valence-corrected chi connectivity index (χ3v) is 3.47. The summed E-state index contributed by atoms with van der Waals surface area (Å²) in [5.74, 6) is 0.446. The SMILES string of the molecule is CCNC(CN1CCCC(COC)C1)C(=O)OCC. The van der Waals surface area contributed by atoms with E-state index in [1.807, 2.05) is 13.8 Å². The number of likely N-dealkylation sites (N-methyl/N-ethyl adjacent to an activating group) is 1. The lowest BCUT2D eigenvalue weighted by Gasteiger charge is -2.34. The molecule has 0 aromatic heterocycles. The Bertz CT molecular complexity index is 259. The molecule has 1 aliphatic rings. The second kappa shape index (κ2) is 9.28. The largest absolute Gasteiger partial charge is 0.465 e. The van der Waals surface area contributed by atoms with Gasteiger partial charge in [-0.25, -0.2) is 0 Å². The molecule has 0 amide bonds. The van der Waals surface area contributed by atoms with Gasteiger partial charge in [-0.15, -0.1) is 0 Å². The summed E-state index contributed by atoms with van der Waals surface area (Å²) in [6, 6.07) is -0.216. The minimum absolute atomic E-state index is 0.141. The number of esters is 1. The van der Waals surface area contributed by atoms with E-state index in [0.29, 0.717) is 12.5 Å². The Labute approximate surface area is 116 Å². The number of ether oxygens (including phenoxy) is 2. The number of rotatable bonds is 8. The molecule has 1 aliphatic heterocycles. The molecule has 112 valence electrons. The van der Waals surface area contributed by atoms with Crippen molar-refractivity contribution in [3.8, 4) is 0 Å². The van der Waals surface area contributed by atoms with E-state index in [1.54, 1.807) is 7.11 Å². The van der Waals surface area contributed by atoms with Gasteiger partial charge in [-0.3, -0.25) is 4.79 Å². The highest BCUT2D eigenvalue weighted by molar-refractivity contribution is 5.76. The molecule has 5 nitrogen and oxygen atoms in total. The fraction of sp³-hybridized carbons (Fsp3) is 0.929. The summed E-state index contributed by atoms with van der Waals surface area (Å²) in [7, 11) is 1.75. The van der Waals surface area contributed by atoms with E-state index >= 15 is 0 Å². The lowest BCUT2D eigenvalue weighted by Crippen LogP contribution is -2.49. The zero-order valence-corrected chi connectivity index (χ0v) is 12.5. The summed E-state index contributed by atoms with van der Waals surface area (Å²) < 4.78 is 10.4. The molecule has 0 spiro atoms. The van der Waals surface area contributed by atoms with E-state index in [9.17, 15) is 4.79 Å². The highest BCUT2D eigenvalue weighted by atomic mass is 16.5. The molecule has 1 heterocycles. The molecule has 0 radical (unpaired) electrons. The van der Waals surface area contributed by atoms with Gasteiger partial charge in [-0.1, -0.05) is 6.92 Å². The molecule has 5 heteroatoms. The Balaban J connectivity index is 2.45. The van der Waals surface area contributed by atoms with Gasteiger partial charge in [0.2, 0.25) is 0 Å². The number of methoxy groups -OCH3 is 1. The van der Waals surface area contributed by atoms with Gasteiger partial charge in [0, 0.05) is 20.2 Å². The van der Waals surface area contributed by atoms with Crippen LogP contribution >= 0.6 is 0 Å². The maximum atomic E-state index is 11.9. The zero-order valence-electron chi connectivity index (χ0n) is 12.5. The molecule has 1 fully saturated rings. The van der Waals surface area contributed by atoms with E-state index in [2.05, 4.69) is 10.2 Å². The van der Waals surface area contributed by atoms with Gasteiger partial charge in [0.05, 0.1) is 13.2 Å². The van der Waals surface area contributed by atoms with Gasteiger partial charge < -0.3 is 19.7 Å². The maximum Gasteiger partial charge on any atom is 0.324 e. The molecular formula is C14H28N2O3. The average Bonchev–Trinajstić information content (AvgIpc) is 2.39. The summed E-state index contributed by atoms with van der Waals surface area (Å²) >= 11 is 0. The van der Waals surface area contributed by atoms with Crippen molar-refractivity contribution in [1.82, 2.24) is 10.2 Å². The van der Waals surface area contributed by atoms with E-state index in [0.717, 1.165) is 32.8 Å². The Morgan fingerprint density at radius 2 is 2.26 bits per heavy atom. The predicted octanol–water partition coefficient (Wildman–Crippen LogP) is 0.886. The van der Waals surface area contributed by atoms with Crippen molar-refractivity contribution in [3.63, 3.8) is 0 Å². The van der Waals surface area contributed by atoms with Crippen LogP contribution < -0.4 is 5.32 Å². The summed E-state index contributed by atoms with van der Waals surface area (Å²) in [5.41, 5.74) is 0. The second-order valence-corrected chi connectivity index (χ2v) is 5.09. The Morgan fingerprint density at radius 3 is 2.89 bits per heavy atom. The third kappa shape index (κ3) is 5.89. The second-order valence-electron chi connectivity index (χ2n) is 5.09. The van der Waals surface area contributed by atoms with Gasteiger partial charge in [0.15, 0.2) is 0 Å². The normalized spacial score (nSPS) is 22.2. The number of hydrogen-bond acceptors (Lipinski definition) is 5. The average molecular weight is 272 g/mol. The molecule has 1 saturated heterocycles. The van der Waals surface area contributed by atoms with Crippen LogP contribution in [0.4, 0.5) is 0 Å². The van der Waals surface area contributed by atoms with Crippen molar-refractivity contribution in [2.75, 3.05) is 46.5 Å². The molecule has 2 unspecified atom stereocenters. The smallest absolute Gasteiger partial charge is 0.324 e. The summed E-state index contributed by atoms with van der Waals surface area (Å²) in [5, 5.41) is 3.21. The van der Waals surface area contributed by atoms with E-state index in [4.69, 9.17) is 9.47 Å². The number of hydrogen-bond donors (Lipinski definition) is 1. The number of carbonyl (C=O) groups is 1. The molecule has 1 N–H and O–H groups in total. The lowest BCUT2D eigenvalue weighted by molar-refractivity contribution is -0.146. The molecule has 0 aliphatic carbocycles. The Morgan fingerprint density at radius 1 is 1.47 bits per heavy atom. The van der Waals surface area contributed by atoms with Crippen LogP contribution in [0.5, 0.6) is 0 Å². The Kier molecular flexibility index (Phi) is 8.02. The van der Waals surface area contributed by atoms with Gasteiger partial charge >= 0.3 is 5.97 Å². The van der Waals surface area contributed by atoms with Crippen LogP contribution in [0.15, 0.2) is 0 Å². The van der Waals surface area contributed by atoms with Gasteiger partial charge in [0.25, 0.3) is 0 Å².